The molecule has 5 N–H and O–H groups in total. The van der Waals surface area contributed by atoms with Crippen molar-refractivity contribution in [3.05, 3.63) is 30.1 Å². The Morgan fingerprint density at radius 1 is 1.39 bits per heavy atom. The molecule has 0 atom stereocenters. The van der Waals surface area contributed by atoms with Crippen molar-refractivity contribution in [3.8, 4) is 11.3 Å². The normalized spacial score (nSPS) is 12.1. The van der Waals surface area contributed by atoms with E-state index in [1.54, 1.807) is 12.1 Å². The Hall–Kier alpha value is -1.79. The summed E-state index contributed by atoms with van der Waals surface area (Å²) in [4.78, 5) is 26.7. The van der Waals surface area contributed by atoms with E-state index in [0.29, 0.717) is 35.4 Å². The number of alkyl halides is 1. The van der Waals surface area contributed by atoms with Gasteiger partial charge in [0.2, 0.25) is 0 Å². The van der Waals surface area contributed by atoms with Crippen LogP contribution in [0.2, 0.25) is 0 Å². The van der Waals surface area contributed by atoms with Crippen LogP contribution in [0.4, 0.5) is 5.88 Å². The van der Waals surface area contributed by atoms with Crippen LogP contribution >= 0.6 is 19.2 Å². The summed E-state index contributed by atoms with van der Waals surface area (Å²) in [6.45, 7) is 0. The molecule has 0 unspecified atom stereocenters. The number of hydrogen-bond donors (Lipinski definition) is 4. The average Bonchev–Trinajstić information content (AvgIpc) is 3.08. The third kappa shape index (κ3) is 2.88. The van der Waals surface area contributed by atoms with E-state index in [1.807, 2.05) is 6.07 Å². The fraction of sp³-hybridized carbons (Fsp3) is 0.214. The van der Waals surface area contributed by atoms with Crippen molar-refractivity contribution in [1.29, 1.82) is 0 Å². The molecule has 9 heteroatoms. The first-order valence-electron chi connectivity index (χ1n) is 6.89. The topological polar surface area (TPSA) is 125 Å². The zero-order valence-corrected chi connectivity index (χ0v) is 13.6. The van der Waals surface area contributed by atoms with Crippen LogP contribution in [0, 0.1) is 0 Å². The third-order valence-electron chi connectivity index (χ3n) is 3.56. The van der Waals surface area contributed by atoms with Crippen LogP contribution in [0.1, 0.15) is 12.0 Å². The lowest BCUT2D eigenvalue weighted by atomic mass is 10.1. The number of nitrogens with zero attached hydrogens (tertiary/aromatic N) is 1. The van der Waals surface area contributed by atoms with Gasteiger partial charge in [0.15, 0.2) is 11.6 Å². The van der Waals surface area contributed by atoms with E-state index in [0.717, 1.165) is 5.52 Å². The van der Waals surface area contributed by atoms with E-state index in [1.165, 1.54) is 6.33 Å². The summed E-state index contributed by atoms with van der Waals surface area (Å²) in [5, 5.41) is -0.185. The van der Waals surface area contributed by atoms with Gasteiger partial charge in [-0.05, 0) is 25.0 Å². The molecule has 0 aliphatic rings. The fourth-order valence-corrected chi connectivity index (χ4v) is 3.74. The molecule has 3 rings (SSSR count). The largest absolute Gasteiger partial charge is 0.440 e. The molecule has 0 fully saturated rings. The number of fused-ring (bicyclic) bond motifs is 1. The van der Waals surface area contributed by atoms with Crippen molar-refractivity contribution in [1.82, 2.24) is 9.97 Å². The second-order valence-electron chi connectivity index (χ2n) is 5.06. The lowest BCUT2D eigenvalue weighted by molar-refractivity contribution is 0.387. The number of aromatic nitrogens is 2. The van der Waals surface area contributed by atoms with E-state index in [-0.39, 0.29) is 16.9 Å². The van der Waals surface area contributed by atoms with Gasteiger partial charge in [-0.3, -0.25) is 4.57 Å². The Morgan fingerprint density at radius 3 is 2.87 bits per heavy atom. The molecule has 122 valence electrons. The van der Waals surface area contributed by atoms with Crippen LogP contribution in [0.15, 0.2) is 28.9 Å². The van der Waals surface area contributed by atoms with Gasteiger partial charge in [-0.25, -0.2) is 4.98 Å². The molecule has 0 aliphatic carbocycles. The molecule has 0 saturated heterocycles. The highest BCUT2D eigenvalue weighted by molar-refractivity contribution is 7.60. The van der Waals surface area contributed by atoms with Crippen LogP contribution in [0.5, 0.6) is 0 Å². The zero-order chi connectivity index (χ0) is 16.6. The number of imidazole rings is 1. The molecule has 3 aromatic rings. The molecule has 1 aromatic carbocycles. The first-order valence-corrected chi connectivity index (χ1v) is 9.04. The predicted octanol–water partition coefficient (Wildman–Crippen LogP) is 2.38. The Balaban J connectivity index is 2.27. The molecular formula is C14H15ClN3O4P. The summed E-state index contributed by atoms with van der Waals surface area (Å²) in [7, 11) is -4.59. The third-order valence-corrected chi connectivity index (χ3v) is 4.88. The molecule has 2 aromatic heterocycles. The van der Waals surface area contributed by atoms with Crippen LogP contribution in [0.3, 0.4) is 0 Å². The van der Waals surface area contributed by atoms with Crippen molar-refractivity contribution in [2.24, 2.45) is 0 Å². The van der Waals surface area contributed by atoms with Crippen molar-refractivity contribution >= 4 is 41.4 Å². The molecule has 0 radical (unpaired) electrons. The molecule has 0 amide bonds. The van der Waals surface area contributed by atoms with Gasteiger partial charge in [0.05, 0.1) is 17.4 Å². The summed E-state index contributed by atoms with van der Waals surface area (Å²) < 4.78 is 17.5. The number of furan rings is 1. The second kappa shape index (κ2) is 6.02. The van der Waals surface area contributed by atoms with E-state index in [2.05, 4.69) is 9.97 Å². The maximum absolute atomic E-state index is 12.0. The van der Waals surface area contributed by atoms with Crippen LogP contribution in [-0.2, 0) is 11.0 Å². The number of para-hydroxylation sites is 1. The van der Waals surface area contributed by atoms with Gasteiger partial charge in [0, 0.05) is 17.0 Å². The zero-order valence-electron chi connectivity index (χ0n) is 12.0. The molecule has 0 aliphatic heterocycles. The van der Waals surface area contributed by atoms with Crippen molar-refractivity contribution < 1.29 is 18.8 Å². The van der Waals surface area contributed by atoms with Gasteiger partial charge in [-0.2, -0.15) is 0 Å². The summed E-state index contributed by atoms with van der Waals surface area (Å²) in [5.41, 5.74) is 7.93. The second-order valence-corrected chi connectivity index (χ2v) is 6.98. The van der Waals surface area contributed by atoms with Crippen molar-refractivity contribution in [2.75, 3.05) is 11.6 Å². The maximum atomic E-state index is 12.0. The number of benzene rings is 1. The Morgan fingerprint density at radius 2 is 2.17 bits per heavy atom. The highest BCUT2D eigenvalue weighted by Crippen LogP contribution is 2.44. The Bertz CT molecular complexity index is 899. The van der Waals surface area contributed by atoms with Crippen LogP contribution in [0.25, 0.3) is 22.4 Å². The summed E-state index contributed by atoms with van der Waals surface area (Å²) in [6, 6.07) is 5.24. The highest BCUT2D eigenvalue weighted by Gasteiger charge is 2.33. The van der Waals surface area contributed by atoms with Gasteiger partial charge < -0.3 is 24.9 Å². The molecule has 0 saturated carbocycles. The highest BCUT2D eigenvalue weighted by atomic mass is 35.5. The number of hydrogen-bond acceptors (Lipinski definition) is 4. The number of H-pyrrole nitrogens is 1. The van der Waals surface area contributed by atoms with E-state index in [9.17, 15) is 14.4 Å². The first kappa shape index (κ1) is 16.1. The molecule has 7 nitrogen and oxygen atoms in total. The number of aromatic amines is 1. The van der Waals surface area contributed by atoms with Gasteiger partial charge in [-0.15, -0.1) is 11.6 Å². The lowest BCUT2D eigenvalue weighted by Crippen LogP contribution is -2.11. The molecule has 23 heavy (non-hydrogen) atoms. The number of halogens is 1. The number of nitrogen functional groups attached to an aromatic ring is 1. The first-order chi connectivity index (χ1) is 10.9. The summed E-state index contributed by atoms with van der Waals surface area (Å²) >= 11 is 5.68. The quantitative estimate of drug-likeness (QED) is 0.411. The van der Waals surface area contributed by atoms with E-state index >= 15 is 0 Å². The van der Waals surface area contributed by atoms with Crippen LogP contribution < -0.4 is 11.0 Å². The van der Waals surface area contributed by atoms with Gasteiger partial charge >= 0.3 is 7.60 Å². The average molecular weight is 356 g/mol. The van der Waals surface area contributed by atoms with E-state index in [4.69, 9.17) is 21.8 Å². The van der Waals surface area contributed by atoms with Crippen molar-refractivity contribution in [2.45, 2.75) is 12.8 Å². The number of rotatable bonds is 5. The smallest absolute Gasteiger partial charge is 0.360 e. The Labute approximate surface area is 136 Å². The number of nitrogens with one attached hydrogen (secondary N) is 1. The SMILES string of the molecule is Nc1oc(-c2cccc3[nH]cnc23)c(P(=O)(O)O)c1CCCCl. The van der Waals surface area contributed by atoms with E-state index < -0.39 is 7.60 Å². The fourth-order valence-electron chi connectivity index (χ4n) is 2.60. The summed E-state index contributed by atoms with van der Waals surface area (Å²) in [5.74, 6) is 0.407. The van der Waals surface area contributed by atoms with Gasteiger partial charge in [0.25, 0.3) is 0 Å². The molecule has 2 heterocycles. The standard InChI is InChI=1S/C14H15ClN3O4P/c15-6-2-4-9-13(23(19,20)21)12(22-14(9)16)8-3-1-5-10-11(8)18-7-17-10/h1,3,5,7H,2,4,6,16H2,(H,17,18)(H2,19,20,21). The predicted molar refractivity (Wildman–Crippen MR) is 88.9 cm³/mol. The lowest BCUT2D eigenvalue weighted by Gasteiger charge is -2.08. The minimum atomic E-state index is -4.59. The Kier molecular flexibility index (Phi) is 4.21. The number of anilines is 1. The molecule has 0 spiro atoms. The maximum Gasteiger partial charge on any atom is 0.360 e. The van der Waals surface area contributed by atoms with Gasteiger partial charge in [-0.1, -0.05) is 6.07 Å². The summed E-state index contributed by atoms with van der Waals surface area (Å²) in [6.07, 6.45) is 2.37. The minimum absolute atomic E-state index is 0.00372. The van der Waals surface area contributed by atoms with Gasteiger partial charge in [0.1, 0.15) is 5.30 Å². The molecular weight excluding hydrogens is 341 g/mol. The minimum Gasteiger partial charge on any atom is -0.440 e. The van der Waals surface area contributed by atoms with Crippen molar-refractivity contribution in [3.63, 3.8) is 0 Å². The monoisotopic (exact) mass is 355 g/mol. The molecule has 0 bridgehead atoms. The van der Waals surface area contributed by atoms with Crippen LogP contribution in [-0.4, -0.2) is 25.6 Å². The number of nitrogens with two attached hydrogens (primary N) is 1.